The minimum Gasteiger partial charge on any atom is -0.350 e. The van der Waals surface area contributed by atoms with Crippen LogP contribution in [-0.2, 0) is 11.3 Å². The molecule has 1 amide bonds. The Morgan fingerprint density at radius 1 is 1.29 bits per heavy atom. The summed E-state index contributed by atoms with van der Waals surface area (Å²) in [5, 5.41) is 13.2. The summed E-state index contributed by atoms with van der Waals surface area (Å²) in [6, 6.07) is 9.71. The molecule has 0 aliphatic rings. The SMILES string of the molecule is Nn1c(SCC(=O)NCc2cccs2)nnc1-c1ccc(F)cc1. The van der Waals surface area contributed by atoms with Gasteiger partial charge in [-0.2, -0.15) is 0 Å². The largest absolute Gasteiger partial charge is 0.350 e. The molecule has 0 saturated carbocycles. The molecule has 0 fully saturated rings. The van der Waals surface area contributed by atoms with Crippen molar-refractivity contribution in [2.75, 3.05) is 11.6 Å². The van der Waals surface area contributed by atoms with E-state index < -0.39 is 0 Å². The lowest BCUT2D eigenvalue weighted by molar-refractivity contribution is -0.118. The molecule has 0 unspecified atom stereocenters. The van der Waals surface area contributed by atoms with Gasteiger partial charge in [-0.1, -0.05) is 17.8 Å². The summed E-state index contributed by atoms with van der Waals surface area (Å²) in [5.74, 6) is 6.11. The van der Waals surface area contributed by atoms with Crippen LogP contribution in [0, 0.1) is 5.82 Å². The van der Waals surface area contributed by atoms with Crippen molar-refractivity contribution in [3.63, 3.8) is 0 Å². The van der Waals surface area contributed by atoms with Crippen molar-refractivity contribution in [3.05, 3.63) is 52.5 Å². The molecule has 0 aliphatic heterocycles. The first-order chi connectivity index (χ1) is 11.6. The summed E-state index contributed by atoms with van der Waals surface area (Å²) in [6.07, 6.45) is 0. The van der Waals surface area contributed by atoms with Gasteiger partial charge in [-0.3, -0.25) is 4.79 Å². The Bertz CT molecular complexity index is 817. The number of benzene rings is 1. The lowest BCUT2D eigenvalue weighted by atomic mass is 10.2. The van der Waals surface area contributed by atoms with Crippen molar-refractivity contribution in [1.82, 2.24) is 20.2 Å². The van der Waals surface area contributed by atoms with Crippen LogP contribution in [0.15, 0.2) is 46.9 Å². The van der Waals surface area contributed by atoms with E-state index in [9.17, 15) is 9.18 Å². The summed E-state index contributed by atoms with van der Waals surface area (Å²) in [6.45, 7) is 0.507. The first kappa shape index (κ1) is 16.5. The van der Waals surface area contributed by atoms with Crippen LogP contribution in [-0.4, -0.2) is 26.5 Å². The van der Waals surface area contributed by atoms with Crippen LogP contribution in [0.5, 0.6) is 0 Å². The zero-order valence-electron chi connectivity index (χ0n) is 12.5. The fraction of sp³-hybridized carbons (Fsp3) is 0.133. The first-order valence-electron chi connectivity index (χ1n) is 7.02. The van der Waals surface area contributed by atoms with E-state index in [0.717, 1.165) is 4.88 Å². The molecule has 3 aromatic rings. The third-order valence-corrected chi connectivity index (χ3v) is 4.96. The number of aromatic nitrogens is 3. The number of thioether (sulfide) groups is 1. The van der Waals surface area contributed by atoms with Gasteiger partial charge in [0.2, 0.25) is 11.1 Å². The Kier molecular flexibility index (Phi) is 5.11. The molecule has 0 aliphatic carbocycles. The lowest BCUT2D eigenvalue weighted by Crippen LogP contribution is -2.24. The van der Waals surface area contributed by atoms with Crippen molar-refractivity contribution >= 4 is 29.0 Å². The van der Waals surface area contributed by atoms with Crippen LogP contribution in [0.1, 0.15) is 4.88 Å². The highest BCUT2D eigenvalue weighted by Crippen LogP contribution is 2.21. The third kappa shape index (κ3) is 3.92. The second-order valence-electron chi connectivity index (χ2n) is 4.83. The van der Waals surface area contributed by atoms with Crippen molar-refractivity contribution in [2.24, 2.45) is 0 Å². The van der Waals surface area contributed by atoms with Crippen molar-refractivity contribution in [3.8, 4) is 11.4 Å². The number of nitrogens with two attached hydrogens (primary N) is 1. The smallest absolute Gasteiger partial charge is 0.230 e. The van der Waals surface area contributed by atoms with E-state index in [2.05, 4.69) is 15.5 Å². The summed E-state index contributed by atoms with van der Waals surface area (Å²) >= 11 is 2.78. The molecular formula is C15H14FN5OS2. The molecule has 0 saturated heterocycles. The number of nitrogens with one attached hydrogen (secondary N) is 1. The molecule has 2 aromatic heterocycles. The number of nitrogens with zero attached hydrogens (tertiary/aromatic N) is 3. The van der Waals surface area contributed by atoms with E-state index in [0.29, 0.717) is 23.1 Å². The highest BCUT2D eigenvalue weighted by atomic mass is 32.2. The number of hydrogen-bond acceptors (Lipinski definition) is 6. The molecule has 0 spiro atoms. The van der Waals surface area contributed by atoms with Crippen LogP contribution in [0.25, 0.3) is 11.4 Å². The normalized spacial score (nSPS) is 10.7. The van der Waals surface area contributed by atoms with Gasteiger partial charge in [-0.05, 0) is 35.7 Å². The average molecular weight is 363 g/mol. The third-order valence-electron chi connectivity index (χ3n) is 3.14. The number of halogens is 1. The fourth-order valence-electron chi connectivity index (χ4n) is 1.95. The zero-order chi connectivity index (χ0) is 16.9. The van der Waals surface area contributed by atoms with Crippen LogP contribution in [0.2, 0.25) is 0 Å². The molecule has 24 heavy (non-hydrogen) atoms. The number of nitrogen functional groups attached to an aromatic ring is 1. The van der Waals surface area contributed by atoms with Gasteiger partial charge >= 0.3 is 0 Å². The van der Waals surface area contributed by atoms with E-state index in [-0.39, 0.29) is 17.5 Å². The second-order valence-corrected chi connectivity index (χ2v) is 6.80. The number of carbonyl (C=O) groups is 1. The molecule has 124 valence electrons. The standard InChI is InChI=1S/C15H14FN5OS2/c16-11-5-3-10(4-6-11)14-19-20-15(21(14)17)24-9-13(22)18-8-12-2-1-7-23-12/h1-7H,8-9,17H2,(H,18,22). The molecule has 9 heteroatoms. The van der Waals surface area contributed by atoms with E-state index in [1.807, 2.05) is 17.5 Å². The maximum atomic E-state index is 13.0. The molecule has 6 nitrogen and oxygen atoms in total. The fourth-order valence-corrected chi connectivity index (χ4v) is 3.28. The Labute approximate surface area is 145 Å². The second kappa shape index (κ2) is 7.45. The molecule has 0 radical (unpaired) electrons. The molecule has 3 N–H and O–H groups in total. The number of thiophene rings is 1. The highest BCUT2D eigenvalue weighted by Gasteiger charge is 2.13. The van der Waals surface area contributed by atoms with Gasteiger partial charge in [0.25, 0.3) is 0 Å². The predicted octanol–water partition coefficient (Wildman–Crippen LogP) is 2.27. The minimum atomic E-state index is -0.334. The average Bonchev–Trinajstić information content (AvgIpc) is 3.22. The quantitative estimate of drug-likeness (QED) is 0.518. The summed E-state index contributed by atoms with van der Waals surface area (Å²) in [5.41, 5.74) is 0.653. The highest BCUT2D eigenvalue weighted by molar-refractivity contribution is 7.99. The lowest BCUT2D eigenvalue weighted by Gasteiger charge is -2.05. The Morgan fingerprint density at radius 3 is 2.79 bits per heavy atom. The van der Waals surface area contributed by atoms with Gasteiger partial charge < -0.3 is 11.2 Å². The predicted molar refractivity (Wildman–Crippen MR) is 92.5 cm³/mol. The number of amides is 1. The van der Waals surface area contributed by atoms with E-state index >= 15 is 0 Å². The van der Waals surface area contributed by atoms with Crippen LogP contribution < -0.4 is 11.2 Å². The number of rotatable bonds is 6. The van der Waals surface area contributed by atoms with Crippen LogP contribution >= 0.6 is 23.1 Å². The van der Waals surface area contributed by atoms with Crippen LogP contribution in [0.3, 0.4) is 0 Å². The topological polar surface area (TPSA) is 85.8 Å². The van der Waals surface area contributed by atoms with E-state index in [1.54, 1.807) is 23.5 Å². The Hall–Kier alpha value is -2.39. The summed E-state index contributed by atoms with van der Waals surface area (Å²) in [7, 11) is 0. The molecule has 0 atom stereocenters. The van der Waals surface area contributed by atoms with Gasteiger partial charge in [0.05, 0.1) is 12.3 Å². The Morgan fingerprint density at radius 2 is 2.08 bits per heavy atom. The maximum Gasteiger partial charge on any atom is 0.230 e. The Balaban J connectivity index is 1.58. The first-order valence-corrected chi connectivity index (χ1v) is 8.88. The van der Waals surface area contributed by atoms with Crippen molar-refractivity contribution < 1.29 is 9.18 Å². The maximum absolute atomic E-state index is 13.0. The molecule has 1 aromatic carbocycles. The van der Waals surface area contributed by atoms with Crippen molar-refractivity contribution in [1.29, 1.82) is 0 Å². The van der Waals surface area contributed by atoms with Gasteiger partial charge in [0.15, 0.2) is 5.82 Å². The number of hydrogen-bond donors (Lipinski definition) is 2. The van der Waals surface area contributed by atoms with Crippen LogP contribution in [0.4, 0.5) is 4.39 Å². The molecule has 3 rings (SSSR count). The summed E-state index contributed by atoms with van der Waals surface area (Å²) in [4.78, 5) is 13.0. The molecule has 0 bridgehead atoms. The van der Waals surface area contributed by atoms with Gasteiger partial charge in [0, 0.05) is 10.4 Å². The van der Waals surface area contributed by atoms with Gasteiger partial charge in [-0.25, -0.2) is 9.07 Å². The molecule has 2 heterocycles. The van der Waals surface area contributed by atoms with E-state index in [4.69, 9.17) is 5.84 Å². The zero-order valence-corrected chi connectivity index (χ0v) is 14.1. The summed E-state index contributed by atoms with van der Waals surface area (Å²) < 4.78 is 14.3. The van der Waals surface area contributed by atoms with Crippen molar-refractivity contribution in [2.45, 2.75) is 11.7 Å². The van der Waals surface area contributed by atoms with Gasteiger partial charge in [-0.15, -0.1) is 21.5 Å². The van der Waals surface area contributed by atoms with Gasteiger partial charge in [0.1, 0.15) is 5.82 Å². The molecular weight excluding hydrogens is 349 g/mol. The minimum absolute atomic E-state index is 0.111. The monoisotopic (exact) mass is 363 g/mol. The number of carbonyl (C=O) groups excluding carboxylic acids is 1. The van der Waals surface area contributed by atoms with E-state index in [1.165, 1.54) is 28.6 Å².